The molecule has 0 amide bonds. The Hall–Kier alpha value is -1.02. The van der Waals surface area contributed by atoms with E-state index in [4.69, 9.17) is 5.11 Å². The number of nitrogens with one attached hydrogen (secondary N) is 1. The van der Waals surface area contributed by atoms with Crippen LogP contribution in [0.5, 0.6) is 0 Å². The van der Waals surface area contributed by atoms with E-state index in [1.807, 2.05) is 0 Å². The smallest absolute Gasteiger partial charge is 0.0472 e. The summed E-state index contributed by atoms with van der Waals surface area (Å²) in [7, 11) is 0. The minimum atomic E-state index is 0.202. The van der Waals surface area contributed by atoms with Gasteiger partial charge in [0.15, 0.2) is 0 Å². The maximum Gasteiger partial charge on any atom is 0.0472 e. The molecule has 0 aliphatic heterocycles. The normalized spacial score (nSPS) is 11.6. The average molecular weight is 221 g/mol. The van der Waals surface area contributed by atoms with E-state index in [1.165, 1.54) is 11.1 Å². The van der Waals surface area contributed by atoms with Crippen LogP contribution >= 0.6 is 0 Å². The monoisotopic (exact) mass is 221 g/mol. The molecule has 0 saturated heterocycles. The number of aryl methyl sites for hydroxylation is 1. The van der Waals surface area contributed by atoms with Gasteiger partial charge >= 0.3 is 0 Å². The van der Waals surface area contributed by atoms with Gasteiger partial charge < -0.3 is 10.4 Å². The molecule has 0 heterocycles. The summed E-state index contributed by atoms with van der Waals surface area (Å²) in [6.07, 6.45) is 0.715. The third-order valence-corrected chi connectivity index (χ3v) is 2.46. The van der Waals surface area contributed by atoms with E-state index in [9.17, 15) is 0 Å². The van der Waals surface area contributed by atoms with Gasteiger partial charge in [-0.15, -0.1) is 0 Å². The second kappa shape index (κ2) is 5.35. The van der Waals surface area contributed by atoms with Crippen LogP contribution in [0.2, 0.25) is 0 Å². The van der Waals surface area contributed by atoms with E-state index in [0.29, 0.717) is 6.42 Å². The van der Waals surface area contributed by atoms with Crippen LogP contribution in [0, 0.1) is 12.3 Å². The zero-order chi connectivity index (χ0) is 12.2. The van der Waals surface area contributed by atoms with Crippen LogP contribution in [0.4, 0.5) is 5.69 Å². The van der Waals surface area contributed by atoms with Crippen molar-refractivity contribution in [1.29, 1.82) is 0 Å². The molecule has 2 N–H and O–H groups in total. The highest BCUT2D eigenvalue weighted by molar-refractivity contribution is 5.53. The number of benzene rings is 1. The zero-order valence-electron chi connectivity index (χ0n) is 10.8. The molecule has 1 rings (SSSR count). The minimum absolute atomic E-state index is 0.202. The molecule has 0 aliphatic rings. The Bertz CT molecular complexity index is 339. The van der Waals surface area contributed by atoms with Crippen LogP contribution in [0.25, 0.3) is 0 Å². The van der Waals surface area contributed by atoms with Crippen molar-refractivity contribution in [2.75, 3.05) is 18.5 Å². The Kier molecular flexibility index (Phi) is 4.36. The standard InChI is InChI=1S/C14H23NO/c1-11-5-6-12(7-8-16)13(9-11)15-10-14(2,3)4/h5-6,9,15-16H,7-8,10H2,1-4H3. The average Bonchev–Trinajstić information content (AvgIpc) is 2.17. The van der Waals surface area contributed by atoms with Crippen LogP contribution in [0.3, 0.4) is 0 Å². The summed E-state index contributed by atoms with van der Waals surface area (Å²) < 4.78 is 0. The first kappa shape index (κ1) is 13.0. The van der Waals surface area contributed by atoms with Gasteiger partial charge in [-0.1, -0.05) is 32.9 Å². The predicted octanol–water partition coefficient (Wildman–Crippen LogP) is 2.99. The van der Waals surface area contributed by atoms with Gasteiger partial charge in [-0.3, -0.25) is 0 Å². The molecule has 0 aliphatic carbocycles. The number of hydrogen-bond acceptors (Lipinski definition) is 2. The van der Waals surface area contributed by atoms with Gasteiger partial charge in [-0.2, -0.15) is 0 Å². The van der Waals surface area contributed by atoms with E-state index in [2.05, 4.69) is 51.2 Å². The first-order valence-electron chi connectivity index (χ1n) is 5.86. The van der Waals surface area contributed by atoms with E-state index in [0.717, 1.165) is 12.2 Å². The molecule has 0 aromatic heterocycles. The summed E-state index contributed by atoms with van der Waals surface area (Å²) in [5.41, 5.74) is 3.86. The Balaban J connectivity index is 2.79. The molecule has 0 unspecified atom stereocenters. The third-order valence-electron chi connectivity index (χ3n) is 2.46. The molecule has 16 heavy (non-hydrogen) atoms. The van der Waals surface area contributed by atoms with Crippen molar-refractivity contribution in [3.05, 3.63) is 29.3 Å². The Morgan fingerprint density at radius 2 is 1.94 bits per heavy atom. The van der Waals surface area contributed by atoms with Gasteiger partial charge in [0.05, 0.1) is 0 Å². The lowest BCUT2D eigenvalue weighted by Crippen LogP contribution is -2.19. The summed E-state index contributed by atoms with van der Waals surface area (Å²) in [4.78, 5) is 0. The molecular weight excluding hydrogens is 198 g/mol. The fraction of sp³-hybridized carbons (Fsp3) is 0.571. The van der Waals surface area contributed by atoms with Crippen molar-refractivity contribution in [3.8, 4) is 0 Å². The van der Waals surface area contributed by atoms with Crippen LogP contribution in [-0.4, -0.2) is 18.3 Å². The molecule has 0 radical (unpaired) electrons. The number of anilines is 1. The van der Waals surface area contributed by atoms with E-state index >= 15 is 0 Å². The van der Waals surface area contributed by atoms with Crippen molar-refractivity contribution in [2.24, 2.45) is 5.41 Å². The van der Waals surface area contributed by atoms with Crippen LogP contribution < -0.4 is 5.32 Å². The zero-order valence-corrected chi connectivity index (χ0v) is 10.8. The third kappa shape index (κ3) is 4.23. The summed E-state index contributed by atoms with van der Waals surface area (Å²) >= 11 is 0. The van der Waals surface area contributed by atoms with Crippen molar-refractivity contribution in [2.45, 2.75) is 34.1 Å². The SMILES string of the molecule is Cc1ccc(CCO)c(NCC(C)(C)C)c1. The van der Waals surface area contributed by atoms with Crippen molar-refractivity contribution in [3.63, 3.8) is 0 Å². The number of rotatable bonds is 4. The first-order chi connectivity index (χ1) is 7.42. The summed E-state index contributed by atoms with van der Waals surface area (Å²) in [5.74, 6) is 0. The highest BCUT2D eigenvalue weighted by atomic mass is 16.2. The Labute approximate surface area is 98.7 Å². The molecule has 0 spiro atoms. The van der Waals surface area contributed by atoms with Gasteiger partial charge in [0.2, 0.25) is 0 Å². The van der Waals surface area contributed by atoms with Crippen molar-refractivity contribution < 1.29 is 5.11 Å². The lowest BCUT2D eigenvalue weighted by Gasteiger charge is -2.21. The summed E-state index contributed by atoms with van der Waals surface area (Å²) in [6.45, 7) is 9.86. The lowest BCUT2D eigenvalue weighted by molar-refractivity contribution is 0.300. The van der Waals surface area contributed by atoms with E-state index in [-0.39, 0.29) is 12.0 Å². The Morgan fingerprint density at radius 1 is 1.25 bits per heavy atom. The number of hydrogen-bond donors (Lipinski definition) is 2. The molecule has 1 aromatic carbocycles. The van der Waals surface area contributed by atoms with E-state index < -0.39 is 0 Å². The fourth-order valence-corrected chi connectivity index (χ4v) is 1.55. The molecule has 0 atom stereocenters. The number of aliphatic hydroxyl groups excluding tert-OH is 1. The van der Waals surface area contributed by atoms with E-state index in [1.54, 1.807) is 0 Å². The molecule has 0 saturated carbocycles. The Morgan fingerprint density at radius 3 is 2.50 bits per heavy atom. The molecule has 0 bridgehead atoms. The molecule has 90 valence electrons. The molecule has 2 nitrogen and oxygen atoms in total. The van der Waals surface area contributed by atoms with Gasteiger partial charge in [0.1, 0.15) is 0 Å². The lowest BCUT2D eigenvalue weighted by atomic mass is 9.96. The number of aliphatic hydroxyl groups is 1. The second-order valence-electron chi connectivity index (χ2n) is 5.55. The first-order valence-corrected chi connectivity index (χ1v) is 5.86. The molecule has 2 heteroatoms. The highest BCUT2D eigenvalue weighted by Crippen LogP contribution is 2.21. The maximum absolute atomic E-state index is 9.01. The topological polar surface area (TPSA) is 32.3 Å². The van der Waals surface area contributed by atoms with Crippen LogP contribution in [0.15, 0.2) is 18.2 Å². The molecular formula is C14H23NO. The maximum atomic E-state index is 9.01. The summed E-state index contributed by atoms with van der Waals surface area (Å²) in [5, 5.41) is 12.5. The second-order valence-corrected chi connectivity index (χ2v) is 5.55. The van der Waals surface area contributed by atoms with Gasteiger partial charge in [0.25, 0.3) is 0 Å². The predicted molar refractivity (Wildman–Crippen MR) is 69.9 cm³/mol. The molecule has 1 aromatic rings. The largest absolute Gasteiger partial charge is 0.396 e. The summed E-state index contributed by atoms with van der Waals surface area (Å²) in [6, 6.07) is 6.33. The fourth-order valence-electron chi connectivity index (χ4n) is 1.55. The quantitative estimate of drug-likeness (QED) is 0.819. The van der Waals surface area contributed by atoms with Crippen LogP contribution in [0.1, 0.15) is 31.9 Å². The van der Waals surface area contributed by atoms with Crippen molar-refractivity contribution in [1.82, 2.24) is 0 Å². The van der Waals surface area contributed by atoms with Gasteiger partial charge in [-0.25, -0.2) is 0 Å². The van der Waals surface area contributed by atoms with Gasteiger partial charge in [-0.05, 0) is 36.0 Å². The van der Waals surface area contributed by atoms with Crippen molar-refractivity contribution >= 4 is 5.69 Å². The highest BCUT2D eigenvalue weighted by Gasteiger charge is 2.10. The minimum Gasteiger partial charge on any atom is -0.396 e. The molecule has 0 fully saturated rings. The van der Waals surface area contributed by atoms with Gasteiger partial charge in [0, 0.05) is 18.8 Å². The van der Waals surface area contributed by atoms with Crippen LogP contribution in [-0.2, 0) is 6.42 Å².